The van der Waals surface area contributed by atoms with Gasteiger partial charge in [0.1, 0.15) is 12.7 Å². The molecule has 1 atom stereocenters. The van der Waals surface area contributed by atoms with E-state index in [4.69, 9.17) is 9.47 Å². The third kappa shape index (κ3) is 8.43. The first-order chi connectivity index (χ1) is 10.4. The summed E-state index contributed by atoms with van der Waals surface area (Å²) in [5.74, 6) is -0.673. The summed E-state index contributed by atoms with van der Waals surface area (Å²) < 4.78 is 51.3. The van der Waals surface area contributed by atoms with E-state index in [1.165, 1.54) is 0 Å². The number of hydrogen-bond donors (Lipinski definition) is 0. The van der Waals surface area contributed by atoms with Crippen LogP contribution in [0.2, 0.25) is 0 Å². The van der Waals surface area contributed by atoms with Crippen molar-refractivity contribution in [1.82, 2.24) is 0 Å². The molecular weight excluding hydrogens is 301 g/mol. The molecule has 1 aromatic rings. The van der Waals surface area contributed by atoms with Crippen LogP contribution in [0.5, 0.6) is 0 Å². The zero-order valence-corrected chi connectivity index (χ0v) is 12.0. The van der Waals surface area contributed by atoms with E-state index in [9.17, 15) is 18.0 Å². The maximum Gasteiger partial charge on any atom is 0.409 e. The molecule has 0 aliphatic rings. The number of esters is 1. The van der Waals surface area contributed by atoms with Crippen molar-refractivity contribution in [2.45, 2.75) is 18.9 Å². The lowest BCUT2D eigenvalue weighted by Crippen LogP contribution is -2.23. The molecular formula is C15H17F3O4. The van der Waals surface area contributed by atoms with Gasteiger partial charge in [-0.25, -0.2) is 4.79 Å². The highest BCUT2D eigenvalue weighted by Gasteiger charge is 2.23. The summed E-state index contributed by atoms with van der Waals surface area (Å²) in [6, 6.07) is 9.16. The zero-order chi connectivity index (χ0) is 16.4. The first-order valence-corrected chi connectivity index (χ1v) is 6.47. The van der Waals surface area contributed by atoms with Crippen LogP contribution in [0, 0.1) is 0 Å². The highest BCUT2D eigenvalue weighted by molar-refractivity contribution is 5.70. The number of hydrogen-bond acceptors (Lipinski definition) is 4. The maximum atomic E-state index is 12.2. The van der Waals surface area contributed by atoms with Gasteiger partial charge in [-0.2, -0.15) is 13.2 Å². The summed E-state index contributed by atoms with van der Waals surface area (Å²) in [5.41, 5.74) is 0.883. The van der Waals surface area contributed by atoms with Crippen LogP contribution >= 0.6 is 0 Å². The number of rotatable bonds is 8. The Morgan fingerprint density at radius 1 is 1.27 bits per heavy atom. The Morgan fingerprint density at radius 3 is 2.55 bits per heavy atom. The van der Waals surface area contributed by atoms with E-state index >= 15 is 0 Å². The standard InChI is InChI=1S/C15H17F3O4/c1-20-14(19)11-22-13(7-8-15(16,17)18)10-21-9-12-5-3-2-4-6-12/h2-8,13H,9-11H2,1H3/b8-7-/t13-/m1/s1. The molecule has 7 heteroatoms. The van der Waals surface area contributed by atoms with Gasteiger partial charge < -0.3 is 14.2 Å². The fourth-order valence-corrected chi connectivity index (χ4v) is 1.48. The third-order valence-corrected chi connectivity index (χ3v) is 2.54. The molecule has 0 bridgehead atoms. The molecule has 22 heavy (non-hydrogen) atoms. The lowest BCUT2D eigenvalue weighted by molar-refractivity contribution is -0.148. The first kappa shape index (κ1) is 18.2. The Hall–Kier alpha value is -1.86. The lowest BCUT2D eigenvalue weighted by atomic mass is 10.2. The van der Waals surface area contributed by atoms with Crippen molar-refractivity contribution in [3.63, 3.8) is 0 Å². The SMILES string of the molecule is COC(=O)CO[C@H](/C=C\C(F)(F)F)COCc1ccccc1. The van der Waals surface area contributed by atoms with E-state index in [1.54, 1.807) is 0 Å². The second-order valence-corrected chi connectivity index (χ2v) is 4.33. The van der Waals surface area contributed by atoms with E-state index in [0.29, 0.717) is 0 Å². The van der Waals surface area contributed by atoms with Crippen LogP contribution in [0.1, 0.15) is 5.56 Å². The summed E-state index contributed by atoms with van der Waals surface area (Å²) in [5, 5.41) is 0. The van der Waals surface area contributed by atoms with Crippen molar-refractivity contribution in [2.24, 2.45) is 0 Å². The maximum absolute atomic E-state index is 12.2. The van der Waals surface area contributed by atoms with Crippen LogP contribution in [0.25, 0.3) is 0 Å². The van der Waals surface area contributed by atoms with E-state index in [2.05, 4.69) is 4.74 Å². The molecule has 4 nitrogen and oxygen atoms in total. The number of carbonyl (C=O) groups is 1. The number of alkyl halides is 3. The average molecular weight is 318 g/mol. The molecule has 0 aromatic heterocycles. The van der Waals surface area contributed by atoms with Crippen molar-refractivity contribution < 1.29 is 32.2 Å². The topological polar surface area (TPSA) is 44.8 Å². The van der Waals surface area contributed by atoms with E-state index < -0.39 is 24.9 Å². The summed E-state index contributed by atoms with van der Waals surface area (Å²) >= 11 is 0. The molecule has 0 unspecified atom stereocenters. The molecule has 0 radical (unpaired) electrons. The molecule has 1 aromatic carbocycles. The van der Waals surface area contributed by atoms with E-state index in [1.807, 2.05) is 30.3 Å². The van der Waals surface area contributed by atoms with Crippen LogP contribution in [0.3, 0.4) is 0 Å². The highest BCUT2D eigenvalue weighted by Crippen LogP contribution is 2.17. The molecule has 0 amide bonds. The predicted molar refractivity (Wildman–Crippen MR) is 73.0 cm³/mol. The second-order valence-electron chi connectivity index (χ2n) is 4.33. The van der Waals surface area contributed by atoms with Crippen molar-refractivity contribution in [3.05, 3.63) is 48.0 Å². The van der Waals surface area contributed by atoms with Crippen LogP contribution in [-0.2, 0) is 25.6 Å². The number of methoxy groups -OCH3 is 1. The van der Waals surface area contributed by atoms with Crippen molar-refractivity contribution in [1.29, 1.82) is 0 Å². The summed E-state index contributed by atoms with van der Waals surface area (Å²) in [6.45, 7) is -0.324. The minimum Gasteiger partial charge on any atom is -0.467 e. The fraction of sp³-hybridized carbons (Fsp3) is 0.400. The minimum atomic E-state index is -4.45. The monoisotopic (exact) mass is 318 g/mol. The minimum absolute atomic E-state index is 0.0564. The molecule has 0 fully saturated rings. The fourth-order valence-electron chi connectivity index (χ4n) is 1.48. The largest absolute Gasteiger partial charge is 0.467 e. The van der Waals surface area contributed by atoms with Crippen molar-refractivity contribution in [3.8, 4) is 0 Å². The van der Waals surface area contributed by atoms with Gasteiger partial charge in [0.25, 0.3) is 0 Å². The molecule has 1 rings (SSSR count). The average Bonchev–Trinajstić information content (AvgIpc) is 2.49. The number of halogens is 3. The Balaban J connectivity index is 2.49. The molecule has 0 aliphatic heterocycles. The smallest absolute Gasteiger partial charge is 0.409 e. The number of allylic oxidation sites excluding steroid dienone is 1. The van der Waals surface area contributed by atoms with Crippen LogP contribution in [0.4, 0.5) is 13.2 Å². The Morgan fingerprint density at radius 2 is 1.95 bits per heavy atom. The van der Waals surface area contributed by atoms with E-state index in [0.717, 1.165) is 18.7 Å². The summed E-state index contributed by atoms with van der Waals surface area (Å²) in [7, 11) is 1.16. The van der Waals surface area contributed by atoms with Gasteiger partial charge in [-0.3, -0.25) is 0 Å². The summed E-state index contributed by atoms with van der Waals surface area (Å²) in [6.07, 6.45) is -4.58. The molecule has 0 heterocycles. The summed E-state index contributed by atoms with van der Waals surface area (Å²) in [4.78, 5) is 11.0. The molecule has 0 N–H and O–H groups in total. The zero-order valence-electron chi connectivity index (χ0n) is 12.0. The second kappa shape index (κ2) is 9.22. The van der Waals surface area contributed by atoms with Crippen molar-refractivity contribution in [2.75, 3.05) is 20.3 Å². The van der Waals surface area contributed by atoms with Gasteiger partial charge >= 0.3 is 12.1 Å². The van der Waals surface area contributed by atoms with Crippen molar-refractivity contribution >= 4 is 5.97 Å². The van der Waals surface area contributed by atoms with Crippen LogP contribution in [-0.4, -0.2) is 38.6 Å². The van der Waals surface area contributed by atoms with Gasteiger partial charge in [-0.05, 0) is 11.6 Å². The van der Waals surface area contributed by atoms with Gasteiger partial charge in [0.2, 0.25) is 0 Å². The Kier molecular flexibility index (Phi) is 7.62. The number of carbonyl (C=O) groups excluding carboxylic acids is 1. The van der Waals surface area contributed by atoms with Crippen LogP contribution < -0.4 is 0 Å². The molecule has 0 aliphatic carbocycles. The van der Waals surface area contributed by atoms with Gasteiger partial charge in [0.05, 0.1) is 20.3 Å². The number of ether oxygens (including phenoxy) is 3. The Bertz CT molecular complexity index is 471. The lowest BCUT2D eigenvalue weighted by Gasteiger charge is -2.14. The Labute approximate surface area is 126 Å². The normalized spacial score (nSPS) is 13.3. The van der Waals surface area contributed by atoms with Gasteiger partial charge in [0, 0.05) is 6.08 Å². The quantitative estimate of drug-likeness (QED) is 0.546. The first-order valence-electron chi connectivity index (χ1n) is 6.47. The van der Waals surface area contributed by atoms with Gasteiger partial charge in [0.15, 0.2) is 0 Å². The highest BCUT2D eigenvalue weighted by atomic mass is 19.4. The number of benzene rings is 1. The molecule has 0 saturated heterocycles. The predicted octanol–water partition coefficient (Wildman–Crippen LogP) is 2.88. The van der Waals surface area contributed by atoms with Crippen LogP contribution in [0.15, 0.2) is 42.5 Å². The molecule has 0 spiro atoms. The van der Waals surface area contributed by atoms with Gasteiger partial charge in [-0.15, -0.1) is 0 Å². The molecule has 0 saturated carbocycles. The molecule has 122 valence electrons. The third-order valence-electron chi connectivity index (χ3n) is 2.54. The van der Waals surface area contributed by atoms with E-state index in [-0.39, 0.29) is 19.3 Å². The van der Waals surface area contributed by atoms with Gasteiger partial charge in [-0.1, -0.05) is 30.3 Å².